The van der Waals surface area contributed by atoms with Crippen molar-refractivity contribution in [2.75, 3.05) is 18.9 Å². The molecule has 31 heavy (non-hydrogen) atoms. The van der Waals surface area contributed by atoms with E-state index in [-0.39, 0.29) is 24.4 Å². The van der Waals surface area contributed by atoms with Gasteiger partial charge >= 0.3 is 17.9 Å². The largest absolute Gasteiger partial charge is 0.477 e. The van der Waals surface area contributed by atoms with Crippen molar-refractivity contribution in [3.05, 3.63) is 35.4 Å². The Hall–Kier alpha value is -3.32. The molecule has 1 unspecified atom stereocenters. The van der Waals surface area contributed by atoms with Crippen molar-refractivity contribution in [2.24, 2.45) is 5.73 Å². The molecule has 166 valence electrons. The number of carboxylic acid groups (broad SMARTS) is 1. The summed E-state index contributed by atoms with van der Waals surface area (Å²) in [6, 6.07) is 3.13. The second kappa shape index (κ2) is 8.81. The maximum Gasteiger partial charge on any atom is 0.352 e. The SMILES string of the molecule is CC(=O)OCC1=C(C(=O)O)N2C(=O)C(NC(=O)Cc3ccco3)(OC(=O)CN)[C@H]2SC1. The molecule has 2 aliphatic rings. The fourth-order valence-electron chi connectivity index (χ4n) is 3.17. The second-order valence-electron chi connectivity index (χ2n) is 6.59. The third-order valence-electron chi connectivity index (χ3n) is 4.44. The van der Waals surface area contributed by atoms with Crippen LogP contribution in [0.15, 0.2) is 34.1 Å². The number of nitrogens with zero attached hydrogens (tertiary/aromatic N) is 1. The van der Waals surface area contributed by atoms with Crippen LogP contribution in [0.25, 0.3) is 0 Å². The molecular formula is C18H19N3O9S. The molecule has 0 bridgehead atoms. The highest BCUT2D eigenvalue weighted by Gasteiger charge is 2.68. The Bertz CT molecular complexity index is 958. The molecule has 0 radical (unpaired) electrons. The number of nitrogens with one attached hydrogen (secondary N) is 1. The van der Waals surface area contributed by atoms with E-state index in [1.54, 1.807) is 12.1 Å². The Kier molecular flexibility index (Phi) is 6.36. The predicted molar refractivity (Wildman–Crippen MR) is 103 cm³/mol. The fraction of sp³-hybridized carbons (Fsp3) is 0.389. The van der Waals surface area contributed by atoms with Gasteiger partial charge in [-0.25, -0.2) is 4.79 Å². The standard InChI is InChI=1S/C18H19N3O9S/c1-9(22)29-7-10-8-31-17-18(30-13(24)6-19,16(27)21(17)14(10)15(25)26)20-12(23)5-11-3-2-4-28-11/h2-4,17H,5-8,19H2,1H3,(H,20,23)(H,25,26)/t17-,18?/m1/s1. The highest BCUT2D eigenvalue weighted by atomic mass is 32.2. The summed E-state index contributed by atoms with van der Waals surface area (Å²) in [5, 5.41) is 11.0. The average molecular weight is 453 g/mol. The molecule has 1 aromatic heterocycles. The Balaban J connectivity index is 1.89. The number of fused-ring (bicyclic) bond motifs is 1. The lowest BCUT2D eigenvalue weighted by Gasteiger charge is -2.55. The predicted octanol–water partition coefficient (Wildman–Crippen LogP) is -1.05. The monoisotopic (exact) mass is 453 g/mol. The summed E-state index contributed by atoms with van der Waals surface area (Å²) in [5.41, 5.74) is 2.96. The number of furan rings is 1. The molecule has 2 aliphatic heterocycles. The zero-order chi connectivity index (χ0) is 22.8. The summed E-state index contributed by atoms with van der Waals surface area (Å²) >= 11 is 1.04. The van der Waals surface area contributed by atoms with Crippen LogP contribution in [0.3, 0.4) is 0 Å². The third-order valence-corrected chi connectivity index (χ3v) is 5.82. The van der Waals surface area contributed by atoms with Gasteiger partial charge in [0.15, 0.2) is 5.37 Å². The van der Waals surface area contributed by atoms with E-state index in [0.717, 1.165) is 16.7 Å². The first-order valence-electron chi connectivity index (χ1n) is 8.98. The number of carbonyl (C=O) groups excluding carboxylic acids is 4. The number of esters is 2. The molecule has 2 amide bonds. The second-order valence-corrected chi connectivity index (χ2v) is 7.66. The number of β-lactam (4-membered cyclic amide) rings is 1. The van der Waals surface area contributed by atoms with Crippen LogP contribution in [0.2, 0.25) is 0 Å². The van der Waals surface area contributed by atoms with Gasteiger partial charge in [-0.3, -0.25) is 24.1 Å². The molecule has 1 aromatic rings. The molecule has 12 nitrogen and oxygen atoms in total. The van der Waals surface area contributed by atoms with Gasteiger partial charge < -0.3 is 30.0 Å². The van der Waals surface area contributed by atoms with Crippen LogP contribution in [0.4, 0.5) is 0 Å². The van der Waals surface area contributed by atoms with Crippen LogP contribution in [-0.2, 0) is 39.9 Å². The molecular weight excluding hydrogens is 434 g/mol. The highest BCUT2D eigenvalue weighted by molar-refractivity contribution is 8.00. The minimum Gasteiger partial charge on any atom is -0.477 e. The molecule has 0 aromatic carbocycles. The smallest absolute Gasteiger partial charge is 0.352 e. The fourth-order valence-corrected chi connectivity index (χ4v) is 4.54. The zero-order valence-corrected chi connectivity index (χ0v) is 17.1. The summed E-state index contributed by atoms with van der Waals surface area (Å²) in [5.74, 6) is -4.28. The van der Waals surface area contributed by atoms with Gasteiger partial charge in [-0.2, -0.15) is 0 Å². The Labute approximate surface area is 179 Å². The molecule has 3 rings (SSSR count). The third kappa shape index (κ3) is 4.27. The summed E-state index contributed by atoms with van der Waals surface area (Å²) in [7, 11) is 0. The average Bonchev–Trinajstić information content (AvgIpc) is 3.23. The quantitative estimate of drug-likeness (QED) is 0.248. The number of carboxylic acids is 1. The number of thioether (sulfide) groups is 1. The number of ether oxygens (including phenoxy) is 2. The lowest BCUT2D eigenvalue weighted by Crippen LogP contribution is -2.81. The van der Waals surface area contributed by atoms with Crippen LogP contribution in [0, 0.1) is 0 Å². The van der Waals surface area contributed by atoms with Gasteiger partial charge in [0.1, 0.15) is 18.1 Å². The number of hydrogen-bond donors (Lipinski definition) is 3. The van der Waals surface area contributed by atoms with Crippen molar-refractivity contribution in [2.45, 2.75) is 24.4 Å². The Morgan fingerprint density at radius 1 is 1.42 bits per heavy atom. The molecule has 1 fully saturated rings. The molecule has 0 spiro atoms. The van der Waals surface area contributed by atoms with Crippen LogP contribution in [-0.4, -0.2) is 69.7 Å². The molecule has 2 atom stereocenters. The molecule has 3 heterocycles. The normalized spacial score (nSPS) is 22.3. The van der Waals surface area contributed by atoms with Crippen molar-refractivity contribution in [3.8, 4) is 0 Å². The molecule has 0 aliphatic carbocycles. The van der Waals surface area contributed by atoms with E-state index in [4.69, 9.17) is 19.6 Å². The van der Waals surface area contributed by atoms with E-state index in [9.17, 15) is 29.1 Å². The summed E-state index contributed by atoms with van der Waals surface area (Å²) < 4.78 is 15.2. The van der Waals surface area contributed by atoms with E-state index in [2.05, 4.69) is 5.32 Å². The topological polar surface area (TPSA) is 178 Å². The van der Waals surface area contributed by atoms with Crippen LogP contribution >= 0.6 is 11.8 Å². The van der Waals surface area contributed by atoms with E-state index in [1.807, 2.05) is 0 Å². The van der Waals surface area contributed by atoms with Crippen molar-refractivity contribution in [1.29, 1.82) is 0 Å². The van der Waals surface area contributed by atoms with Gasteiger partial charge in [0.25, 0.3) is 11.6 Å². The molecule has 0 saturated carbocycles. The van der Waals surface area contributed by atoms with Gasteiger partial charge in [0, 0.05) is 18.2 Å². The number of hydrogen-bond acceptors (Lipinski definition) is 10. The van der Waals surface area contributed by atoms with Crippen LogP contribution in [0.1, 0.15) is 12.7 Å². The van der Waals surface area contributed by atoms with Crippen molar-refractivity contribution < 1.29 is 43.0 Å². The zero-order valence-electron chi connectivity index (χ0n) is 16.3. The molecule has 13 heteroatoms. The van der Waals surface area contributed by atoms with E-state index >= 15 is 0 Å². The van der Waals surface area contributed by atoms with Crippen molar-refractivity contribution in [3.63, 3.8) is 0 Å². The Morgan fingerprint density at radius 2 is 2.16 bits per heavy atom. The summed E-state index contributed by atoms with van der Waals surface area (Å²) in [6.45, 7) is 0.293. The van der Waals surface area contributed by atoms with Crippen molar-refractivity contribution >= 4 is 41.5 Å². The van der Waals surface area contributed by atoms with Gasteiger partial charge in [0.05, 0.1) is 19.2 Å². The maximum absolute atomic E-state index is 13.1. The van der Waals surface area contributed by atoms with Gasteiger partial charge in [0.2, 0.25) is 5.91 Å². The van der Waals surface area contributed by atoms with Crippen LogP contribution in [0.5, 0.6) is 0 Å². The minimum absolute atomic E-state index is 0.0549. The van der Waals surface area contributed by atoms with Crippen LogP contribution < -0.4 is 11.1 Å². The van der Waals surface area contributed by atoms with Gasteiger partial charge in [-0.15, -0.1) is 11.8 Å². The summed E-state index contributed by atoms with van der Waals surface area (Å²) in [6.07, 6.45) is 1.13. The van der Waals surface area contributed by atoms with E-state index in [0.29, 0.717) is 5.76 Å². The maximum atomic E-state index is 13.1. The van der Waals surface area contributed by atoms with E-state index in [1.165, 1.54) is 13.2 Å². The number of aliphatic carboxylic acids is 1. The first-order chi connectivity index (χ1) is 14.7. The lowest BCUT2D eigenvalue weighted by molar-refractivity contribution is -0.202. The molecule has 1 saturated heterocycles. The van der Waals surface area contributed by atoms with Gasteiger partial charge in [-0.1, -0.05) is 0 Å². The summed E-state index contributed by atoms with van der Waals surface area (Å²) in [4.78, 5) is 61.3. The van der Waals surface area contributed by atoms with E-state index < -0.39 is 53.1 Å². The number of nitrogens with two attached hydrogens (primary N) is 1. The first-order valence-corrected chi connectivity index (χ1v) is 10.0. The number of rotatable bonds is 8. The number of amides is 2. The molecule has 4 N–H and O–H groups in total. The van der Waals surface area contributed by atoms with Crippen molar-refractivity contribution in [1.82, 2.24) is 10.2 Å². The lowest BCUT2D eigenvalue weighted by atomic mass is 9.97. The minimum atomic E-state index is -2.13. The number of carbonyl (C=O) groups is 5. The first kappa shape index (κ1) is 22.4. The highest BCUT2D eigenvalue weighted by Crippen LogP contribution is 2.47. The Morgan fingerprint density at radius 3 is 2.74 bits per heavy atom. The van der Waals surface area contributed by atoms with Gasteiger partial charge in [-0.05, 0) is 12.1 Å².